The predicted octanol–water partition coefficient (Wildman–Crippen LogP) is 2.47. The molecule has 2 saturated heterocycles. The van der Waals surface area contributed by atoms with E-state index in [9.17, 15) is 14.0 Å². The molecule has 1 aromatic heterocycles. The molecular formula is C22H23F2N5O4S. The van der Waals surface area contributed by atoms with Crippen molar-refractivity contribution in [3.05, 3.63) is 53.9 Å². The predicted molar refractivity (Wildman–Crippen MR) is 124 cm³/mol. The van der Waals surface area contributed by atoms with Gasteiger partial charge in [-0.3, -0.25) is 14.6 Å². The number of aromatic nitrogens is 1. The monoisotopic (exact) mass is 491 g/mol. The highest BCUT2D eigenvalue weighted by Gasteiger charge is 2.36. The molecule has 0 bridgehead atoms. The summed E-state index contributed by atoms with van der Waals surface area (Å²) in [6, 6.07) is 7.08. The molecule has 0 aliphatic carbocycles. The molecule has 12 heteroatoms. The topological polar surface area (TPSA) is 78.5 Å². The van der Waals surface area contributed by atoms with Crippen LogP contribution in [0.2, 0.25) is 0 Å². The van der Waals surface area contributed by atoms with Crippen LogP contribution in [0, 0.1) is 11.8 Å². The van der Waals surface area contributed by atoms with E-state index in [-0.39, 0.29) is 17.6 Å². The Hall–Kier alpha value is -3.54. The molecule has 2 aliphatic heterocycles. The minimum Gasteiger partial charge on any atom is -0.474 e. The number of likely N-dealkylation sites (N-methyl/N-ethyl adjacent to an activating group) is 1. The number of pyridine rings is 1. The van der Waals surface area contributed by atoms with E-state index in [1.807, 2.05) is 4.90 Å². The number of benzene rings is 1. The summed E-state index contributed by atoms with van der Waals surface area (Å²) in [6.45, 7) is 1.76. The number of carbonyl (C=O) groups excluding carboxylic acids is 2. The average molecular weight is 492 g/mol. The molecule has 2 aromatic rings. The second kappa shape index (κ2) is 9.75. The lowest BCUT2D eigenvalue weighted by atomic mass is 10.2. The molecule has 1 aromatic carbocycles. The Morgan fingerprint density at radius 3 is 2.56 bits per heavy atom. The molecule has 2 aliphatic rings. The zero-order valence-corrected chi connectivity index (χ0v) is 19.4. The van der Waals surface area contributed by atoms with Crippen LogP contribution < -0.4 is 9.80 Å². The Labute approximate surface area is 200 Å². The Kier molecular flexibility index (Phi) is 6.77. The number of amides is 2. The molecule has 0 unspecified atom stereocenters. The van der Waals surface area contributed by atoms with Crippen molar-refractivity contribution in [2.24, 2.45) is 0 Å². The van der Waals surface area contributed by atoms with E-state index in [0.717, 1.165) is 6.07 Å². The number of halogens is 2. The van der Waals surface area contributed by atoms with Gasteiger partial charge in [0.2, 0.25) is 5.95 Å². The number of rotatable bonds is 4. The van der Waals surface area contributed by atoms with Crippen molar-refractivity contribution in [1.82, 2.24) is 14.8 Å². The molecule has 180 valence electrons. The minimum atomic E-state index is -0.650. The van der Waals surface area contributed by atoms with Gasteiger partial charge in [0.05, 0.1) is 30.6 Å². The number of thiocarbonyl (C=S) groups is 1. The lowest BCUT2D eigenvalue weighted by Gasteiger charge is -2.36. The van der Waals surface area contributed by atoms with Gasteiger partial charge in [-0.2, -0.15) is 4.39 Å². The standard InChI is InChI=1S/C22H23F2N5O4S/c1-26(22(34)32-2)19-13-29(21(31)33-19)15-4-5-17(16(23)11-15)27-7-9-28(10-8-27)20(30)14-3-6-18(24)25-12-14/h3-6,11-12,19H,7-10,13H2,1-2H3/t19-/m0/s1. The molecule has 0 radical (unpaired) electrons. The van der Waals surface area contributed by atoms with E-state index < -0.39 is 24.1 Å². The quantitative estimate of drug-likeness (QED) is 0.477. The van der Waals surface area contributed by atoms with Crippen molar-refractivity contribution in [2.45, 2.75) is 6.23 Å². The number of hydrogen-bond donors (Lipinski definition) is 0. The second-order valence-corrected chi connectivity index (χ2v) is 8.16. The van der Waals surface area contributed by atoms with Crippen LogP contribution in [-0.4, -0.2) is 85.1 Å². The first-order chi connectivity index (χ1) is 16.3. The van der Waals surface area contributed by atoms with Crippen molar-refractivity contribution in [2.75, 3.05) is 56.7 Å². The summed E-state index contributed by atoms with van der Waals surface area (Å²) in [7, 11) is 3.07. The minimum absolute atomic E-state index is 0.163. The van der Waals surface area contributed by atoms with Gasteiger partial charge in [0, 0.05) is 39.4 Å². The Morgan fingerprint density at radius 1 is 1.21 bits per heavy atom. The van der Waals surface area contributed by atoms with Gasteiger partial charge in [0.25, 0.3) is 11.1 Å². The molecule has 0 N–H and O–H groups in total. The van der Waals surface area contributed by atoms with Gasteiger partial charge in [-0.25, -0.2) is 14.2 Å². The third-order valence-corrected chi connectivity index (χ3v) is 6.27. The molecule has 0 saturated carbocycles. The van der Waals surface area contributed by atoms with Gasteiger partial charge in [-0.1, -0.05) is 0 Å². The van der Waals surface area contributed by atoms with Gasteiger partial charge in [-0.15, -0.1) is 0 Å². The summed E-state index contributed by atoms with van der Waals surface area (Å²) < 4.78 is 38.3. The normalized spacial score (nSPS) is 18.1. The van der Waals surface area contributed by atoms with E-state index in [0.29, 0.717) is 43.1 Å². The van der Waals surface area contributed by atoms with Crippen molar-refractivity contribution in [1.29, 1.82) is 0 Å². The molecular weight excluding hydrogens is 468 g/mol. The molecule has 3 heterocycles. The van der Waals surface area contributed by atoms with E-state index in [1.165, 1.54) is 35.2 Å². The largest absolute Gasteiger partial charge is 0.474 e. The third-order valence-electron chi connectivity index (χ3n) is 5.82. The summed E-state index contributed by atoms with van der Waals surface area (Å²) in [5.41, 5.74) is 1.04. The first kappa shape index (κ1) is 23.6. The highest BCUT2D eigenvalue weighted by molar-refractivity contribution is 7.80. The summed E-state index contributed by atoms with van der Waals surface area (Å²) >= 11 is 5.06. The molecule has 2 fully saturated rings. The first-order valence-corrected chi connectivity index (χ1v) is 10.9. The number of carbonyl (C=O) groups is 2. The van der Waals surface area contributed by atoms with Gasteiger partial charge < -0.3 is 19.3 Å². The number of anilines is 2. The van der Waals surface area contributed by atoms with E-state index in [2.05, 4.69) is 4.98 Å². The number of ether oxygens (including phenoxy) is 2. The number of nitrogens with zero attached hydrogens (tertiary/aromatic N) is 5. The SMILES string of the molecule is COC(=S)N(C)[C@@H]1CN(c2ccc(N3CCN(C(=O)c4ccc(F)nc4)CC3)c(F)c2)C(=O)O1. The molecule has 2 amide bonds. The molecule has 4 rings (SSSR count). The van der Waals surface area contributed by atoms with Gasteiger partial charge in [0.15, 0.2) is 6.23 Å². The molecule has 0 spiro atoms. The summed E-state index contributed by atoms with van der Waals surface area (Å²) in [5.74, 6) is -1.39. The van der Waals surface area contributed by atoms with Crippen LogP contribution in [0.1, 0.15) is 10.4 Å². The number of methoxy groups -OCH3 is 1. The molecule has 9 nitrogen and oxygen atoms in total. The smallest absolute Gasteiger partial charge is 0.416 e. The summed E-state index contributed by atoms with van der Waals surface area (Å²) in [4.78, 5) is 34.7. The van der Waals surface area contributed by atoms with Crippen molar-refractivity contribution < 1.29 is 27.8 Å². The van der Waals surface area contributed by atoms with Gasteiger partial charge in [-0.05, 0) is 42.5 Å². The highest BCUT2D eigenvalue weighted by Crippen LogP contribution is 2.29. The van der Waals surface area contributed by atoms with Crippen LogP contribution in [0.25, 0.3) is 0 Å². The Morgan fingerprint density at radius 2 is 1.94 bits per heavy atom. The second-order valence-electron chi connectivity index (χ2n) is 7.81. The Balaban J connectivity index is 1.39. The molecule has 34 heavy (non-hydrogen) atoms. The summed E-state index contributed by atoms with van der Waals surface area (Å²) in [6.07, 6.45) is -0.0494. The van der Waals surface area contributed by atoms with Crippen LogP contribution in [0.4, 0.5) is 25.0 Å². The number of piperazine rings is 1. The van der Waals surface area contributed by atoms with Crippen molar-refractivity contribution >= 4 is 40.8 Å². The lowest BCUT2D eigenvalue weighted by molar-refractivity contribution is 0.0677. The Bertz CT molecular complexity index is 1100. The number of hydrogen-bond acceptors (Lipinski definition) is 7. The lowest BCUT2D eigenvalue weighted by Crippen LogP contribution is -2.49. The van der Waals surface area contributed by atoms with E-state index >= 15 is 4.39 Å². The van der Waals surface area contributed by atoms with Crippen molar-refractivity contribution in [3.63, 3.8) is 0 Å². The van der Waals surface area contributed by atoms with Crippen LogP contribution in [0.3, 0.4) is 0 Å². The fourth-order valence-electron chi connectivity index (χ4n) is 3.88. The van der Waals surface area contributed by atoms with E-state index in [4.69, 9.17) is 21.7 Å². The van der Waals surface area contributed by atoms with Crippen LogP contribution in [0.15, 0.2) is 36.5 Å². The third kappa shape index (κ3) is 4.72. The molecule has 1 atom stereocenters. The van der Waals surface area contributed by atoms with Crippen LogP contribution >= 0.6 is 12.2 Å². The zero-order chi connectivity index (χ0) is 24.4. The first-order valence-electron chi connectivity index (χ1n) is 10.5. The van der Waals surface area contributed by atoms with Crippen LogP contribution in [-0.2, 0) is 9.47 Å². The number of cyclic esters (lactones) is 1. The van der Waals surface area contributed by atoms with Gasteiger partial charge >= 0.3 is 6.09 Å². The maximum absolute atomic E-state index is 15.0. The van der Waals surface area contributed by atoms with Crippen molar-refractivity contribution in [3.8, 4) is 0 Å². The van der Waals surface area contributed by atoms with Gasteiger partial charge in [0.1, 0.15) is 5.82 Å². The maximum Gasteiger partial charge on any atom is 0.416 e. The highest BCUT2D eigenvalue weighted by atomic mass is 32.1. The van der Waals surface area contributed by atoms with Crippen LogP contribution in [0.5, 0.6) is 0 Å². The fraction of sp³-hybridized carbons (Fsp3) is 0.364. The maximum atomic E-state index is 15.0. The average Bonchev–Trinajstić information content (AvgIpc) is 3.24. The van der Waals surface area contributed by atoms with E-state index in [1.54, 1.807) is 24.1 Å². The summed E-state index contributed by atoms with van der Waals surface area (Å²) in [5, 5.41) is 0.175. The zero-order valence-electron chi connectivity index (χ0n) is 18.6. The fourth-order valence-corrected chi connectivity index (χ4v) is 3.99.